The second kappa shape index (κ2) is 6.31. The van der Waals surface area contributed by atoms with Crippen molar-refractivity contribution < 1.29 is 54.2 Å². The lowest BCUT2D eigenvalue weighted by atomic mass is 9.90. The lowest BCUT2D eigenvalue weighted by Gasteiger charge is -2.39. The van der Waals surface area contributed by atoms with Crippen molar-refractivity contribution in [1.82, 2.24) is 0 Å². The molecule has 0 aromatic rings. The Bertz CT molecular complexity index is 583. The van der Waals surface area contributed by atoms with E-state index in [-0.39, 0.29) is 12.3 Å². The van der Waals surface area contributed by atoms with Crippen LogP contribution in [0.3, 0.4) is 0 Å². The van der Waals surface area contributed by atoms with Gasteiger partial charge in [0.25, 0.3) is 11.7 Å². The van der Waals surface area contributed by atoms with E-state index in [1.807, 2.05) is 0 Å². The Kier molecular flexibility index (Phi) is 5.06. The van der Waals surface area contributed by atoms with Crippen LogP contribution in [0.15, 0.2) is 12.2 Å². The van der Waals surface area contributed by atoms with Gasteiger partial charge in [0.1, 0.15) is 6.67 Å². The molecule has 12 heteroatoms. The number of alkyl halides is 9. The highest BCUT2D eigenvalue weighted by atomic mass is 19.4. The molecule has 1 N–H and O–H groups in total. The number of allylic oxidation sites excluding steroid dienone is 2. The minimum Gasteiger partial charge on any atom is -0.446 e. The van der Waals surface area contributed by atoms with Crippen molar-refractivity contribution >= 4 is 5.97 Å². The third-order valence-electron chi connectivity index (χ3n) is 4.66. The first-order valence-electron chi connectivity index (χ1n) is 7.33. The van der Waals surface area contributed by atoms with Gasteiger partial charge in [-0.2, -0.15) is 35.1 Å². The van der Waals surface area contributed by atoms with Gasteiger partial charge in [0.05, 0.1) is 5.92 Å². The van der Waals surface area contributed by atoms with E-state index in [0.29, 0.717) is 6.42 Å². The fourth-order valence-electron chi connectivity index (χ4n) is 3.17. The van der Waals surface area contributed by atoms with Gasteiger partial charge < -0.3 is 9.84 Å². The van der Waals surface area contributed by atoms with Crippen molar-refractivity contribution in [1.29, 1.82) is 0 Å². The Morgan fingerprint density at radius 1 is 1.08 bits per heavy atom. The van der Waals surface area contributed by atoms with Crippen LogP contribution in [0.1, 0.15) is 12.8 Å². The lowest BCUT2D eigenvalue weighted by Crippen LogP contribution is -2.68. The number of halogens is 9. The van der Waals surface area contributed by atoms with Crippen LogP contribution in [-0.2, 0) is 9.53 Å². The van der Waals surface area contributed by atoms with Gasteiger partial charge in [-0.15, -0.1) is 0 Å². The summed E-state index contributed by atoms with van der Waals surface area (Å²) in [5.41, 5.74) is -5.67. The summed E-state index contributed by atoms with van der Waals surface area (Å²) in [6.45, 7) is -3.26. The van der Waals surface area contributed by atoms with Crippen molar-refractivity contribution in [3.63, 3.8) is 0 Å². The molecule has 2 bridgehead atoms. The largest absolute Gasteiger partial charge is 0.446 e. The van der Waals surface area contributed by atoms with Gasteiger partial charge in [0.2, 0.25) is 0 Å². The quantitative estimate of drug-likeness (QED) is 0.436. The summed E-state index contributed by atoms with van der Waals surface area (Å²) < 4.78 is 121. The molecule has 1 saturated carbocycles. The minimum atomic E-state index is -6.45. The van der Waals surface area contributed by atoms with E-state index < -0.39 is 54.5 Å². The van der Waals surface area contributed by atoms with E-state index in [1.54, 1.807) is 6.08 Å². The predicted octanol–water partition coefficient (Wildman–Crippen LogP) is 3.57. The average Bonchev–Trinajstić information content (AvgIpc) is 3.11. The van der Waals surface area contributed by atoms with Crippen LogP contribution in [-0.4, -0.2) is 47.7 Å². The van der Waals surface area contributed by atoms with Crippen LogP contribution >= 0.6 is 0 Å². The van der Waals surface area contributed by atoms with E-state index in [0.717, 1.165) is 0 Å². The molecule has 0 aromatic heterocycles. The molecule has 0 saturated heterocycles. The number of fused-ring (bicyclic) bond motifs is 2. The normalized spacial score (nSPS) is 29.5. The number of rotatable bonds is 5. The summed E-state index contributed by atoms with van der Waals surface area (Å²) in [5, 5.41) is 8.95. The molecule has 5 atom stereocenters. The summed E-state index contributed by atoms with van der Waals surface area (Å²) in [7, 11) is 0. The molecule has 2 aliphatic rings. The van der Waals surface area contributed by atoms with Crippen LogP contribution < -0.4 is 0 Å². The minimum absolute atomic E-state index is 0.00278. The fraction of sp³-hybridized carbons (Fsp3) is 0.786. The number of hydrogen-bond donors (Lipinski definition) is 1. The first-order valence-corrected chi connectivity index (χ1v) is 7.33. The molecule has 0 aliphatic heterocycles. The zero-order valence-electron chi connectivity index (χ0n) is 12.8. The highest BCUT2D eigenvalue weighted by Gasteiger charge is 2.77. The molecule has 3 nitrogen and oxygen atoms in total. The SMILES string of the molecule is O=C(OC(C(F)(F)F)C(F)(F)C(O)(CF)C(F)(F)F)C1CC2C=CC1C2. The molecule has 2 aliphatic carbocycles. The second-order valence-corrected chi connectivity index (χ2v) is 6.36. The topological polar surface area (TPSA) is 46.5 Å². The molecule has 0 amide bonds. The highest BCUT2D eigenvalue weighted by Crippen LogP contribution is 2.50. The molecule has 0 radical (unpaired) electrons. The summed E-state index contributed by atoms with van der Waals surface area (Å²) >= 11 is 0. The van der Waals surface area contributed by atoms with Gasteiger partial charge in [-0.05, 0) is 24.7 Å². The van der Waals surface area contributed by atoms with Crippen LogP contribution in [0.4, 0.5) is 39.5 Å². The lowest BCUT2D eigenvalue weighted by molar-refractivity contribution is -0.380. The molecule has 2 rings (SSSR count). The Morgan fingerprint density at radius 2 is 1.65 bits per heavy atom. The second-order valence-electron chi connectivity index (χ2n) is 6.36. The maximum atomic E-state index is 13.9. The van der Waals surface area contributed by atoms with E-state index in [1.165, 1.54) is 6.08 Å². The number of hydrogen-bond acceptors (Lipinski definition) is 3. The van der Waals surface area contributed by atoms with Gasteiger partial charge in [-0.1, -0.05) is 12.2 Å². The Hall–Kier alpha value is -1.46. The van der Waals surface area contributed by atoms with E-state index in [9.17, 15) is 44.3 Å². The molecular formula is C14H13F9O3. The van der Waals surface area contributed by atoms with Crippen LogP contribution in [0.2, 0.25) is 0 Å². The summed E-state index contributed by atoms with van der Waals surface area (Å²) in [6.07, 6.45) is -13.7. The molecule has 26 heavy (non-hydrogen) atoms. The zero-order valence-corrected chi connectivity index (χ0v) is 12.8. The highest BCUT2D eigenvalue weighted by molar-refractivity contribution is 5.74. The smallest absolute Gasteiger partial charge is 0.431 e. The van der Waals surface area contributed by atoms with E-state index >= 15 is 0 Å². The maximum Gasteiger partial charge on any atom is 0.431 e. The van der Waals surface area contributed by atoms with Crippen LogP contribution in [0.25, 0.3) is 0 Å². The van der Waals surface area contributed by atoms with Crippen molar-refractivity contribution in [2.75, 3.05) is 6.67 Å². The maximum absolute atomic E-state index is 13.9. The zero-order chi connectivity index (χ0) is 20.1. The molecule has 0 spiro atoms. The van der Waals surface area contributed by atoms with Crippen molar-refractivity contribution in [2.24, 2.45) is 17.8 Å². The standard InChI is InChI=1S/C14H13F9O3/c15-5-11(25,14(21,22)23)12(16,17)10(13(18,19)20)26-9(24)8-4-6-1-2-7(8)3-6/h1-2,6-8,10,25H,3-5H2. The predicted molar refractivity (Wildman–Crippen MR) is 66.7 cm³/mol. The Labute approximate surface area is 140 Å². The van der Waals surface area contributed by atoms with Crippen molar-refractivity contribution in [3.05, 3.63) is 12.2 Å². The molecular weight excluding hydrogens is 387 g/mol. The van der Waals surface area contributed by atoms with Gasteiger partial charge in [0.15, 0.2) is 0 Å². The molecule has 0 aromatic carbocycles. The van der Waals surface area contributed by atoms with Crippen LogP contribution in [0, 0.1) is 17.8 Å². The summed E-state index contributed by atoms with van der Waals surface area (Å²) in [5.74, 6) is -9.94. The first kappa shape index (κ1) is 20.8. The fourth-order valence-corrected chi connectivity index (χ4v) is 3.17. The van der Waals surface area contributed by atoms with Gasteiger partial charge in [-0.25, -0.2) is 4.39 Å². The molecule has 150 valence electrons. The molecule has 5 unspecified atom stereocenters. The van der Waals surface area contributed by atoms with Crippen molar-refractivity contribution in [2.45, 2.75) is 42.8 Å². The third-order valence-corrected chi connectivity index (χ3v) is 4.66. The van der Waals surface area contributed by atoms with E-state index in [2.05, 4.69) is 4.74 Å². The molecule has 0 heterocycles. The van der Waals surface area contributed by atoms with Crippen molar-refractivity contribution in [3.8, 4) is 0 Å². The molecule has 1 fully saturated rings. The monoisotopic (exact) mass is 400 g/mol. The Morgan fingerprint density at radius 3 is 2.00 bits per heavy atom. The van der Waals surface area contributed by atoms with Crippen LogP contribution in [0.5, 0.6) is 0 Å². The third kappa shape index (κ3) is 3.27. The van der Waals surface area contributed by atoms with Gasteiger partial charge in [0, 0.05) is 0 Å². The number of esters is 1. The number of carbonyl (C=O) groups excluding carboxylic acids is 1. The summed E-state index contributed by atoms with van der Waals surface area (Å²) in [6, 6.07) is 0. The average molecular weight is 400 g/mol. The first-order chi connectivity index (χ1) is 11.6. The summed E-state index contributed by atoms with van der Waals surface area (Å²) in [4.78, 5) is 11.9. The Balaban J connectivity index is 2.32. The number of aliphatic hydroxyl groups is 1. The number of ether oxygens (including phenoxy) is 1. The van der Waals surface area contributed by atoms with Gasteiger partial charge >= 0.3 is 24.2 Å². The van der Waals surface area contributed by atoms with E-state index in [4.69, 9.17) is 5.11 Å². The van der Waals surface area contributed by atoms with Gasteiger partial charge in [-0.3, -0.25) is 4.79 Å². The number of carbonyl (C=O) groups is 1.